The first-order valence-electron chi connectivity index (χ1n) is 3.23. The molecule has 0 saturated heterocycles. The molecule has 1 rings (SSSR count). The number of aliphatic hydroxyl groups is 1. The second kappa shape index (κ2) is 2.71. The van der Waals surface area contributed by atoms with Crippen LogP contribution in [0, 0.1) is 0 Å². The molecule has 1 aromatic rings. The molecular weight excluding hydrogens is 126 g/mol. The third kappa shape index (κ3) is 1.48. The van der Waals surface area contributed by atoms with Gasteiger partial charge in [0.2, 0.25) is 0 Å². The standard InChI is InChI=1S/C8H11NO/c1-6(10)7-2-4-8(9)5-3-7/h2-6,10H,9H2,1H3/t6-/m0/s1. The van der Waals surface area contributed by atoms with Crippen molar-refractivity contribution >= 4 is 5.69 Å². The molecule has 1 atom stereocenters. The average molecular weight is 137 g/mol. The van der Waals surface area contributed by atoms with Crippen molar-refractivity contribution in [3.05, 3.63) is 29.8 Å². The van der Waals surface area contributed by atoms with Crippen molar-refractivity contribution in [1.29, 1.82) is 0 Å². The normalized spacial score (nSPS) is 13.0. The van der Waals surface area contributed by atoms with E-state index < -0.39 is 6.10 Å². The van der Waals surface area contributed by atoms with Gasteiger partial charge in [-0.15, -0.1) is 0 Å². The van der Waals surface area contributed by atoms with Gasteiger partial charge >= 0.3 is 0 Å². The Morgan fingerprint density at radius 1 is 1.30 bits per heavy atom. The predicted octanol–water partition coefficient (Wildman–Crippen LogP) is 1.32. The van der Waals surface area contributed by atoms with Crippen LogP contribution in [0.1, 0.15) is 18.6 Å². The molecule has 0 spiro atoms. The number of benzene rings is 1. The first-order valence-corrected chi connectivity index (χ1v) is 3.23. The van der Waals surface area contributed by atoms with Crippen LogP contribution in [0.2, 0.25) is 0 Å². The van der Waals surface area contributed by atoms with Crippen molar-refractivity contribution < 1.29 is 5.11 Å². The highest BCUT2D eigenvalue weighted by molar-refractivity contribution is 5.39. The maximum Gasteiger partial charge on any atom is 0.0761 e. The molecular formula is C8H11NO. The zero-order valence-electron chi connectivity index (χ0n) is 5.91. The van der Waals surface area contributed by atoms with Gasteiger partial charge in [-0.1, -0.05) is 12.1 Å². The van der Waals surface area contributed by atoms with Crippen LogP contribution >= 0.6 is 0 Å². The Bertz CT molecular complexity index is 203. The van der Waals surface area contributed by atoms with Crippen molar-refractivity contribution in [2.45, 2.75) is 13.0 Å². The molecule has 0 saturated carbocycles. The third-order valence-electron chi connectivity index (χ3n) is 1.42. The summed E-state index contributed by atoms with van der Waals surface area (Å²) in [5, 5.41) is 9.07. The molecule has 0 aromatic heterocycles. The van der Waals surface area contributed by atoms with Crippen LogP contribution in [0.4, 0.5) is 5.69 Å². The van der Waals surface area contributed by atoms with E-state index in [1.54, 1.807) is 19.1 Å². The van der Waals surface area contributed by atoms with Gasteiger partial charge in [-0.2, -0.15) is 0 Å². The lowest BCUT2D eigenvalue weighted by Gasteiger charge is -2.02. The van der Waals surface area contributed by atoms with E-state index in [2.05, 4.69) is 0 Å². The molecule has 0 bridgehead atoms. The van der Waals surface area contributed by atoms with Crippen LogP contribution in [0.3, 0.4) is 0 Å². The molecule has 2 heteroatoms. The summed E-state index contributed by atoms with van der Waals surface area (Å²) in [6, 6.07) is 7.20. The maximum absolute atomic E-state index is 9.07. The minimum Gasteiger partial charge on any atom is -0.399 e. The highest BCUT2D eigenvalue weighted by Gasteiger charge is 1.97. The van der Waals surface area contributed by atoms with Crippen LogP contribution in [-0.2, 0) is 0 Å². The predicted molar refractivity (Wildman–Crippen MR) is 41.5 cm³/mol. The highest BCUT2D eigenvalue weighted by atomic mass is 16.3. The van der Waals surface area contributed by atoms with Crippen LogP contribution in [0.15, 0.2) is 24.3 Å². The van der Waals surface area contributed by atoms with Gasteiger partial charge in [0.05, 0.1) is 6.10 Å². The zero-order valence-corrected chi connectivity index (χ0v) is 5.91. The van der Waals surface area contributed by atoms with E-state index in [4.69, 9.17) is 10.8 Å². The molecule has 0 aliphatic carbocycles. The monoisotopic (exact) mass is 137 g/mol. The van der Waals surface area contributed by atoms with Crippen molar-refractivity contribution in [2.75, 3.05) is 5.73 Å². The Morgan fingerprint density at radius 2 is 1.80 bits per heavy atom. The second-order valence-electron chi connectivity index (χ2n) is 2.34. The minimum absolute atomic E-state index is 0.402. The summed E-state index contributed by atoms with van der Waals surface area (Å²) in [7, 11) is 0. The summed E-state index contributed by atoms with van der Waals surface area (Å²) in [6.45, 7) is 1.73. The Balaban J connectivity index is 2.89. The number of rotatable bonds is 1. The maximum atomic E-state index is 9.07. The Kier molecular flexibility index (Phi) is 1.92. The van der Waals surface area contributed by atoms with Gasteiger partial charge in [0.25, 0.3) is 0 Å². The first kappa shape index (κ1) is 7.09. The number of nitrogen functional groups attached to an aromatic ring is 1. The van der Waals surface area contributed by atoms with E-state index in [9.17, 15) is 0 Å². The van der Waals surface area contributed by atoms with Crippen molar-refractivity contribution in [3.63, 3.8) is 0 Å². The summed E-state index contributed by atoms with van der Waals surface area (Å²) >= 11 is 0. The molecule has 1 aromatic carbocycles. The lowest BCUT2D eigenvalue weighted by atomic mass is 10.1. The van der Waals surface area contributed by atoms with Gasteiger partial charge in [-0.3, -0.25) is 0 Å². The summed E-state index contributed by atoms with van der Waals surface area (Å²) in [4.78, 5) is 0. The van der Waals surface area contributed by atoms with Gasteiger partial charge in [0, 0.05) is 5.69 Å². The zero-order chi connectivity index (χ0) is 7.56. The molecule has 0 radical (unpaired) electrons. The first-order chi connectivity index (χ1) is 4.70. The molecule has 0 heterocycles. The fraction of sp³-hybridized carbons (Fsp3) is 0.250. The second-order valence-corrected chi connectivity index (χ2v) is 2.34. The SMILES string of the molecule is C[C@H](O)c1ccc(N)cc1. The van der Waals surface area contributed by atoms with Crippen molar-refractivity contribution in [3.8, 4) is 0 Å². The van der Waals surface area contributed by atoms with E-state index in [0.717, 1.165) is 11.3 Å². The number of aliphatic hydroxyl groups excluding tert-OH is 1. The van der Waals surface area contributed by atoms with Crippen molar-refractivity contribution in [2.24, 2.45) is 0 Å². The summed E-state index contributed by atoms with van der Waals surface area (Å²) in [6.07, 6.45) is -0.402. The largest absolute Gasteiger partial charge is 0.399 e. The fourth-order valence-electron chi connectivity index (χ4n) is 0.775. The number of nitrogens with two attached hydrogens (primary N) is 1. The summed E-state index contributed by atoms with van der Waals surface area (Å²) in [5.41, 5.74) is 7.07. The van der Waals surface area contributed by atoms with Crippen LogP contribution < -0.4 is 5.73 Å². The lowest BCUT2D eigenvalue weighted by molar-refractivity contribution is 0.199. The minimum atomic E-state index is -0.402. The quantitative estimate of drug-likeness (QED) is 0.573. The molecule has 3 N–H and O–H groups in total. The highest BCUT2D eigenvalue weighted by Crippen LogP contribution is 2.12. The smallest absolute Gasteiger partial charge is 0.0761 e. The van der Waals surface area contributed by atoms with Gasteiger partial charge in [0.1, 0.15) is 0 Å². The van der Waals surface area contributed by atoms with Gasteiger partial charge < -0.3 is 10.8 Å². The van der Waals surface area contributed by atoms with E-state index in [1.807, 2.05) is 12.1 Å². The van der Waals surface area contributed by atoms with E-state index in [1.165, 1.54) is 0 Å². The molecule has 0 fully saturated rings. The molecule has 10 heavy (non-hydrogen) atoms. The fourth-order valence-corrected chi connectivity index (χ4v) is 0.775. The topological polar surface area (TPSA) is 46.2 Å². The molecule has 2 nitrogen and oxygen atoms in total. The van der Waals surface area contributed by atoms with Crippen LogP contribution in [0.25, 0.3) is 0 Å². The Morgan fingerprint density at radius 3 is 2.20 bits per heavy atom. The van der Waals surface area contributed by atoms with Crippen LogP contribution in [-0.4, -0.2) is 5.11 Å². The van der Waals surface area contributed by atoms with E-state index in [-0.39, 0.29) is 0 Å². The molecule has 0 aliphatic heterocycles. The molecule has 0 unspecified atom stereocenters. The lowest BCUT2D eigenvalue weighted by Crippen LogP contribution is -1.91. The third-order valence-corrected chi connectivity index (χ3v) is 1.42. The molecule has 54 valence electrons. The molecule has 0 amide bonds. The Hall–Kier alpha value is -1.02. The van der Waals surface area contributed by atoms with E-state index in [0.29, 0.717) is 0 Å². The van der Waals surface area contributed by atoms with Gasteiger partial charge in [0.15, 0.2) is 0 Å². The number of hydrogen-bond acceptors (Lipinski definition) is 2. The molecule has 0 aliphatic rings. The van der Waals surface area contributed by atoms with Gasteiger partial charge in [-0.25, -0.2) is 0 Å². The van der Waals surface area contributed by atoms with Crippen molar-refractivity contribution in [1.82, 2.24) is 0 Å². The number of hydrogen-bond donors (Lipinski definition) is 2. The summed E-state index contributed by atoms with van der Waals surface area (Å²) < 4.78 is 0. The van der Waals surface area contributed by atoms with Crippen LogP contribution in [0.5, 0.6) is 0 Å². The number of anilines is 1. The van der Waals surface area contributed by atoms with E-state index >= 15 is 0 Å². The van der Waals surface area contributed by atoms with Gasteiger partial charge in [-0.05, 0) is 24.6 Å². The Labute approximate surface area is 60.3 Å². The summed E-state index contributed by atoms with van der Waals surface area (Å²) in [5.74, 6) is 0. The average Bonchev–Trinajstić information content (AvgIpc) is 1.88.